The Morgan fingerprint density at radius 3 is 2.39 bits per heavy atom. The molecule has 0 aliphatic heterocycles. The summed E-state index contributed by atoms with van der Waals surface area (Å²) in [6, 6.07) is 5.51. The number of hydrogen-bond acceptors (Lipinski definition) is 3. The number of rotatable bonds is 6. The van der Waals surface area contributed by atoms with E-state index in [2.05, 4.69) is 10.1 Å². The monoisotopic (exact) mass is 331 g/mol. The van der Waals surface area contributed by atoms with Crippen molar-refractivity contribution < 1.29 is 32.6 Å². The van der Waals surface area contributed by atoms with Crippen LogP contribution in [0, 0.1) is 11.8 Å². The minimum Gasteiger partial charge on any atom is -0.484 e. The predicted octanol–water partition coefficient (Wildman–Crippen LogP) is 2.53. The van der Waals surface area contributed by atoms with Crippen LogP contribution in [0.25, 0.3) is 0 Å². The number of nitrogens with one attached hydrogen (secondary N) is 1. The summed E-state index contributed by atoms with van der Waals surface area (Å²) in [4.78, 5) is 22.6. The lowest BCUT2D eigenvalue weighted by Crippen LogP contribution is -2.29. The molecular weight excluding hydrogens is 315 g/mol. The van der Waals surface area contributed by atoms with Gasteiger partial charge in [-0.2, -0.15) is 13.2 Å². The Hall–Kier alpha value is -2.25. The summed E-state index contributed by atoms with van der Waals surface area (Å²) in [5.41, 5.74) is 0.685. The number of carboxylic acid groups (broad SMARTS) is 1. The molecule has 2 N–H and O–H groups in total. The van der Waals surface area contributed by atoms with Crippen LogP contribution >= 0.6 is 0 Å². The lowest BCUT2D eigenvalue weighted by atomic mass is 10.1. The third kappa shape index (κ3) is 4.87. The quantitative estimate of drug-likeness (QED) is 0.840. The average Bonchev–Trinajstić information content (AvgIpc) is 3.25. The zero-order chi connectivity index (χ0) is 17.2. The second-order valence-corrected chi connectivity index (χ2v) is 5.49. The second-order valence-electron chi connectivity index (χ2n) is 5.49. The van der Waals surface area contributed by atoms with Crippen LogP contribution in [0.5, 0.6) is 5.75 Å². The van der Waals surface area contributed by atoms with Gasteiger partial charge in [0.15, 0.2) is 6.61 Å². The number of benzene rings is 1. The van der Waals surface area contributed by atoms with Crippen molar-refractivity contribution in [2.45, 2.75) is 25.6 Å². The highest BCUT2D eigenvalue weighted by molar-refractivity contribution is 5.89. The normalized spacial score (nSPS) is 21.4. The van der Waals surface area contributed by atoms with Gasteiger partial charge in [-0.15, -0.1) is 0 Å². The zero-order valence-corrected chi connectivity index (χ0v) is 12.3. The Morgan fingerprint density at radius 2 is 1.91 bits per heavy atom. The lowest BCUT2D eigenvalue weighted by molar-refractivity contribution is -0.153. The molecule has 0 bridgehead atoms. The Balaban J connectivity index is 1.87. The minimum absolute atomic E-state index is 0.0812. The van der Waals surface area contributed by atoms with Crippen LogP contribution in [0.2, 0.25) is 0 Å². The molecule has 8 heteroatoms. The topological polar surface area (TPSA) is 75.6 Å². The lowest BCUT2D eigenvalue weighted by Gasteiger charge is -2.15. The first-order valence-corrected chi connectivity index (χ1v) is 7.00. The zero-order valence-electron chi connectivity index (χ0n) is 12.3. The van der Waals surface area contributed by atoms with Gasteiger partial charge in [-0.05, 0) is 31.0 Å². The van der Waals surface area contributed by atoms with Crippen LogP contribution in [-0.4, -0.2) is 29.8 Å². The highest BCUT2D eigenvalue weighted by Crippen LogP contribution is 2.39. The van der Waals surface area contributed by atoms with Gasteiger partial charge in [-0.1, -0.05) is 12.1 Å². The summed E-state index contributed by atoms with van der Waals surface area (Å²) < 4.78 is 40.7. The smallest absolute Gasteiger partial charge is 0.422 e. The van der Waals surface area contributed by atoms with Crippen LogP contribution in [0.15, 0.2) is 24.3 Å². The molecule has 1 aromatic carbocycles. The van der Waals surface area contributed by atoms with E-state index in [-0.39, 0.29) is 17.7 Å². The van der Waals surface area contributed by atoms with Crippen LogP contribution in [0.1, 0.15) is 24.9 Å². The number of alkyl halides is 3. The molecule has 1 aromatic rings. The first kappa shape index (κ1) is 17.1. The van der Waals surface area contributed by atoms with E-state index >= 15 is 0 Å². The molecule has 5 nitrogen and oxygen atoms in total. The third-order valence-electron chi connectivity index (χ3n) is 3.59. The maximum Gasteiger partial charge on any atom is 0.422 e. The Morgan fingerprint density at radius 1 is 1.30 bits per heavy atom. The van der Waals surface area contributed by atoms with E-state index in [4.69, 9.17) is 5.11 Å². The van der Waals surface area contributed by atoms with Crippen molar-refractivity contribution in [1.29, 1.82) is 0 Å². The molecule has 0 spiro atoms. The number of aliphatic carboxylic acids is 1. The molecule has 1 fully saturated rings. The molecule has 1 aliphatic carbocycles. The van der Waals surface area contributed by atoms with Crippen molar-refractivity contribution in [3.05, 3.63) is 29.8 Å². The first-order valence-electron chi connectivity index (χ1n) is 7.00. The van der Waals surface area contributed by atoms with Crippen molar-refractivity contribution >= 4 is 11.9 Å². The minimum atomic E-state index is -4.40. The van der Waals surface area contributed by atoms with Gasteiger partial charge in [0, 0.05) is 0 Å². The van der Waals surface area contributed by atoms with E-state index in [0.717, 1.165) is 0 Å². The fraction of sp³-hybridized carbons (Fsp3) is 0.467. The second kappa shape index (κ2) is 6.47. The van der Waals surface area contributed by atoms with Gasteiger partial charge in [0.1, 0.15) is 5.75 Å². The third-order valence-corrected chi connectivity index (χ3v) is 3.59. The standard InChI is InChI=1S/C15H16F3NO4/c1-8(19-13(20)11-6-12(11)14(21)22)9-2-4-10(5-3-9)23-7-15(16,17)18/h2-5,8,11-12H,6-7H2,1H3,(H,19,20)(H,21,22)/t8-,11+,12-/m0/s1. The number of carbonyl (C=O) groups is 2. The van der Waals surface area contributed by atoms with E-state index in [1.165, 1.54) is 12.1 Å². The van der Waals surface area contributed by atoms with E-state index in [1.54, 1.807) is 19.1 Å². The van der Waals surface area contributed by atoms with Crippen LogP contribution in [0.4, 0.5) is 13.2 Å². The summed E-state index contributed by atoms with van der Waals surface area (Å²) in [6.07, 6.45) is -4.07. The highest BCUT2D eigenvalue weighted by Gasteiger charge is 2.48. The van der Waals surface area contributed by atoms with E-state index < -0.39 is 30.6 Å². The number of hydrogen-bond donors (Lipinski definition) is 2. The van der Waals surface area contributed by atoms with Crippen molar-refractivity contribution in [1.82, 2.24) is 5.32 Å². The molecule has 0 saturated heterocycles. The van der Waals surface area contributed by atoms with E-state index in [0.29, 0.717) is 12.0 Å². The van der Waals surface area contributed by atoms with Crippen molar-refractivity contribution in [3.8, 4) is 5.75 Å². The van der Waals surface area contributed by atoms with Gasteiger partial charge in [0.05, 0.1) is 17.9 Å². The van der Waals surface area contributed by atoms with E-state index in [9.17, 15) is 22.8 Å². The van der Waals surface area contributed by atoms with Gasteiger partial charge in [-0.3, -0.25) is 9.59 Å². The molecule has 1 aliphatic rings. The highest BCUT2D eigenvalue weighted by atomic mass is 19.4. The van der Waals surface area contributed by atoms with Crippen LogP contribution < -0.4 is 10.1 Å². The van der Waals surface area contributed by atoms with Gasteiger partial charge >= 0.3 is 12.1 Å². The first-order chi connectivity index (χ1) is 10.7. The molecule has 0 heterocycles. The molecule has 2 rings (SSSR count). The molecular formula is C15H16F3NO4. The number of ether oxygens (including phenoxy) is 1. The van der Waals surface area contributed by atoms with E-state index in [1.807, 2.05) is 0 Å². The SMILES string of the molecule is C[C@H](NC(=O)[C@@H]1C[C@@H]1C(=O)O)c1ccc(OCC(F)(F)F)cc1. The Labute approximate surface area is 130 Å². The predicted molar refractivity (Wildman–Crippen MR) is 73.8 cm³/mol. The van der Waals surface area contributed by atoms with Crippen LogP contribution in [-0.2, 0) is 9.59 Å². The van der Waals surface area contributed by atoms with Crippen molar-refractivity contribution in [3.63, 3.8) is 0 Å². The summed E-state index contributed by atoms with van der Waals surface area (Å²) in [5.74, 6) is -2.37. The number of carboxylic acids is 1. The fourth-order valence-electron chi connectivity index (χ4n) is 2.18. The summed E-state index contributed by atoms with van der Waals surface area (Å²) in [6.45, 7) is 0.346. The van der Waals surface area contributed by atoms with Gasteiger partial charge in [0.2, 0.25) is 5.91 Å². The van der Waals surface area contributed by atoms with Crippen LogP contribution in [0.3, 0.4) is 0 Å². The fourth-order valence-corrected chi connectivity index (χ4v) is 2.18. The average molecular weight is 331 g/mol. The number of halogens is 3. The Kier molecular flexibility index (Phi) is 4.82. The maximum atomic E-state index is 12.0. The number of carbonyl (C=O) groups excluding carboxylic acids is 1. The van der Waals surface area contributed by atoms with Crippen molar-refractivity contribution in [2.75, 3.05) is 6.61 Å². The number of amides is 1. The molecule has 1 saturated carbocycles. The molecule has 3 atom stereocenters. The maximum absolute atomic E-state index is 12.0. The summed E-state index contributed by atoms with van der Waals surface area (Å²) in [5, 5.41) is 11.5. The largest absolute Gasteiger partial charge is 0.484 e. The molecule has 0 radical (unpaired) electrons. The molecule has 0 aromatic heterocycles. The van der Waals surface area contributed by atoms with Gasteiger partial charge in [0.25, 0.3) is 0 Å². The Bertz CT molecular complexity index is 585. The van der Waals surface area contributed by atoms with Gasteiger partial charge < -0.3 is 15.2 Å². The molecule has 23 heavy (non-hydrogen) atoms. The summed E-state index contributed by atoms with van der Waals surface area (Å²) in [7, 11) is 0. The molecule has 0 unspecified atom stereocenters. The van der Waals surface area contributed by atoms with Crippen molar-refractivity contribution in [2.24, 2.45) is 11.8 Å². The molecule has 126 valence electrons. The van der Waals surface area contributed by atoms with Gasteiger partial charge in [-0.25, -0.2) is 0 Å². The summed E-state index contributed by atoms with van der Waals surface area (Å²) >= 11 is 0. The molecule has 1 amide bonds.